The molecule has 0 aromatic carbocycles. The summed E-state index contributed by atoms with van der Waals surface area (Å²) in [6.45, 7) is 3.73. The predicted molar refractivity (Wildman–Crippen MR) is 80.1 cm³/mol. The van der Waals surface area contributed by atoms with Crippen LogP contribution in [0.1, 0.15) is 20.2 Å². The SMILES string of the molecule is Cc1cc2c(Sc3nc(C)c(C(=O)O)s3)ncnc2s1. The quantitative estimate of drug-likeness (QED) is 0.742. The average Bonchev–Trinajstić information content (AvgIpc) is 2.92. The number of nitrogens with zero attached hydrogens (tertiary/aromatic N) is 3. The van der Waals surface area contributed by atoms with Crippen LogP contribution in [0.5, 0.6) is 0 Å². The Morgan fingerprint density at radius 2 is 2.10 bits per heavy atom. The smallest absolute Gasteiger partial charge is 0.347 e. The first-order chi connectivity index (χ1) is 9.54. The molecular weight excluding hydrogens is 314 g/mol. The molecule has 3 heterocycles. The van der Waals surface area contributed by atoms with Crippen molar-refractivity contribution < 1.29 is 9.90 Å². The van der Waals surface area contributed by atoms with Gasteiger partial charge in [-0.15, -0.1) is 11.3 Å². The maximum atomic E-state index is 11.0. The van der Waals surface area contributed by atoms with E-state index in [1.807, 2.05) is 13.0 Å². The molecule has 0 aliphatic rings. The molecule has 0 saturated carbocycles. The number of hydrogen-bond acceptors (Lipinski definition) is 7. The number of carbonyl (C=O) groups is 1. The number of rotatable bonds is 3. The summed E-state index contributed by atoms with van der Waals surface area (Å²) in [5.74, 6) is -0.939. The van der Waals surface area contributed by atoms with Crippen LogP contribution in [0, 0.1) is 13.8 Å². The Labute approximate surface area is 126 Å². The van der Waals surface area contributed by atoms with Gasteiger partial charge in [-0.2, -0.15) is 0 Å². The first kappa shape index (κ1) is 13.5. The highest BCUT2D eigenvalue weighted by Crippen LogP contribution is 2.36. The summed E-state index contributed by atoms with van der Waals surface area (Å²) in [6, 6.07) is 2.04. The predicted octanol–water partition coefficient (Wildman–Crippen LogP) is 3.61. The normalized spacial score (nSPS) is 11.1. The molecule has 8 heteroatoms. The van der Waals surface area contributed by atoms with Gasteiger partial charge in [0.15, 0.2) is 4.34 Å². The van der Waals surface area contributed by atoms with Gasteiger partial charge < -0.3 is 5.11 Å². The molecule has 0 amide bonds. The van der Waals surface area contributed by atoms with Gasteiger partial charge >= 0.3 is 5.97 Å². The molecule has 0 unspecified atom stereocenters. The monoisotopic (exact) mass is 323 g/mol. The molecule has 0 atom stereocenters. The summed E-state index contributed by atoms with van der Waals surface area (Å²) in [4.78, 5) is 26.2. The maximum absolute atomic E-state index is 11.0. The van der Waals surface area contributed by atoms with Gasteiger partial charge in [-0.05, 0) is 31.7 Å². The van der Waals surface area contributed by atoms with Gasteiger partial charge in [0.25, 0.3) is 0 Å². The van der Waals surface area contributed by atoms with Crippen LogP contribution in [-0.2, 0) is 0 Å². The van der Waals surface area contributed by atoms with Crippen molar-refractivity contribution in [3.05, 3.63) is 27.8 Å². The molecule has 3 aromatic heterocycles. The molecule has 0 aliphatic heterocycles. The van der Waals surface area contributed by atoms with Crippen LogP contribution in [0.3, 0.4) is 0 Å². The number of thiazole rings is 1. The van der Waals surface area contributed by atoms with Crippen molar-refractivity contribution in [3.63, 3.8) is 0 Å². The number of aryl methyl sites for hydroxylation is 2. The fourth-order valence-electron chi connectivity index (χ4n) is 1.73. The summed E-state index contributed by atoms with van der Waals surface area (Å²) in [6.07, 6.45) is 1.53. The van der Waals surface area contributed by atoms with Gasteiger partial charge in [0.1, 0.15) is 21.1 Å². The lowest BCUT2D eigenvalue weighted by atomic mass is 10.4. The minimum atomic E-state index is -0.939. The Balaban J connectivity index is 2.01. The summed E-state index contributed by atoms with van der Waals surface area (Å²) in [5, 5.41) is 10.9. The molecule has 1 N–H and O–H groups in total. The molecular formula is C12H9N3O2S3. The first-order valence-corrected chi connectivity index (χ1v) is 8.09. The number of fused-ring (bicyclic) bond motifs is 1. The lowest BCUT2D eigenvalue weighted by Crippen LogP contribution is -1.94. The summed E-state index contributed by atoms with van der Waals surface area (Å²) in [5.41, 5.74) is 0.539. The topological polar surface area (TPSA) is 76.0 Å². The van der Waals surface area contributed by atoms with Crippen molar-refractivity contribution >= 4 is 50.6 Å². The molecule has 3 aromatic rings. The molecule has 20 heavy (non-hydrogen) atoms. The van der Waals surface area contributed by atoms with Gasteiger partial charge in [0, 0.05) is 10.3 Å². The lowest BCUT2D eigenvalue weighted by Gasteiger charge is -1.97. The van der Waals surface area contributed by atoms with Gasteiger partial charge in [-0.25, -0.2) is 19.7 Å². The van der Waals surface area contributed by atoms with E-state index >= 15 is 0 Å². The van der Waals surface area contributed by atoms with E-state index in [9.17, 15) is 4.79 Å². The molecule has 0 fully saturated rings. The van der Waals surface area contributed by atoms with Gasteiger partial charge in [-0.3, -0.25) is 0 Å². The van der Waals surface area contributed by atoms with E-state index in [2.05, 4.69) is 15.0 Å². The highest BCUT2D eigenvalue weighted by atomic mass is 32.2. The highest BCUT2D eigenvalue weighted by Gasteiger charge is 2.16. The average molecular weight is 323 g/mol. The summed E-state index contributed by atoms with van der Waals surface area (Å²) >= 11 is 4.17. The van der Waals surface area contributed by atoms with E-state index < -0.39 is 5.97 Å². The van der Waals surface area contributed by atoms with E-state index in [0.29, 0.717) is 10.0 Å². The first-order valence-electron chi connectivity index (χ1n) is 5.64. The van der Waals surface area contributed by atoms with Crippen molar-refractivity contribution in [1.29, 1.82) is 0 Å². The molecule has 102 valence electrons. The molecule has 0 radical (unpaired) electrons. The van der Waals surface area contributed by atoms with Crippen molar-refractivity contribution in [2.75, 3.05) is 0 Å². The summed E-state index contributed by atoms with van der Waals surface area (Å²) < 4.78 is 0.684. The second-order valence-corrected chi connectivity index (χ2v) is 7.53. The zero-order valence-corrected chi connectivity index (χ0v) is 13.0. The molecule has 5 nitrogen and oxygen atoms in total. The fourth-order valence-corrected chi connectivity index (χ4v) is 4.65. The number of aromatic nitrogens is 3. The second-order valence-electron chi connectivity index (χ2n) is 4.06. The highest BCUT2D eigenvalue weighted by molar-refractivity contribution is 8.01. The van der Waals surface area contributed by atoms with Crippen LogP contribution in [0.4, 0.5) is 0 Å². The largest absolute Gasteiger partial charge is 0.477 e. The molecule has 0 saturated heterocycles. The third-order valence-electron chi connectivity index (χ3n) is 2.57. The number of hydrogen-bond donors (Lipinski definition) is 1. The van der Waals surface area contributed by atoms with Crippen LogP contribution in [0.2, 0.25) is 0 Å². The molecule has 0 aliphatic carbocycles. The van der Waals surface area contributed by atoms with E-state index in [4.69, 9.17) is 5.11 Å². The van der Waals surface area contributed by atoms with Crippen LogP contribution in [-0.4, -0.2) is 26.0 Å². The lowest BCUT2D eigenvalue weighted by molar-refractivity contribution is 0.0701. The zero-order valence-electron chi connectivity index (χ0n) is 10.6. The van der Waals surface area contributed by atoms with Gasteiger partial charge in [0.2, 0.25) is 0 Å². The van der Waals surface area contributed by atoms with Crippen LogP contribution < -0.4 is 0 Å². The number of carboxylic acid groups (broad SMARTS) is 1. The van der Waals surface area contributed by atoms with E-state index in [-0.39, 0.29) is 4.88 Å². The molecule has 0 spiro atoms. The van der Waals surface area contributed by atoms with Crippen LogP contribution in [0.25, 0.3) is 10.2 Å². The molecule has 0 bridgehead atoms. The zero-order chi connectivity index (χ0) is 14.3. The second kappa shape index (κ2) is 5.12. The Morgan fingerprint density at radius 3 is 2.80 bits per heavy atom. The maximum Gasteiger partial charge on any atom is 0.347 e. The van der Waals surface area contributed by atoms with Crippen LogP contribution >= 0.6 is 34.4 Å². The van der Waals surface area contributed by atoms with Crippen molar-refractivity contribution in [2.45, 2.75) is 23.2 Å². The minimum absolute atomic E-state index is 0.277. The number of aromatic carboxylic acids is 1. The third kappa shape index (κ3) is 2.41. The van der Waals surface area contributed by atoms with Gasteiger partial charge in [-0.1, -0.05) is 11.3 Å². The standard InChI is InChI=1S/C12H9N3O2S3/c1-5-3-7-9(18-5)13-4-14-10(7)20-12-15-6(2)8(19-12)11(16)17/h3-4H,1-2H3,(H,16,17). The van der Waals surface area contributed by atoms with Crippen molar-refractivity contribution in [1.82, 2.24) is 15.0 Å². The van der Waals surface area contributed by atoms with E-state index in [1.54, 1.807) is 18.3 Å². The van der Waals surface area contributed by atoms with E-state index in [0.717, 1.165) is 15.2 Å². The van der Waals surface area contributed by atoms with Gasteiger partial charge in [0.05, 0.1) is 5.69 Å². The van der Waals surface area contributed by atoms with Crippen molar-refractivity contribution in [3.8, 4) is 0 Å². The number of thiophene rings is 1. The Morgan fingerprint density at radius 1 is 1.30 bits per heavy atom. The van der Waals surface area contributed by atoms with Crippen LogP contribution in [0.15, 0.2) is 21.8 Å². The fraction of sp³-hybridized carbons (Fsp3) is 0.167. The summed E-state index contributed by atoms with van der Waals surface area (Å²) in [7, 11) is 0. The van der Waals surface area contributed by atoms with Crippen molar-refractivity contribution in [2.24, 2.45) is 0 Å². The molecule has 3 rings (SSSR count). The Hall–Kier alpha value is -1.51. The van der Waals surface area contributed by atoms with E-state index in [1.165, 1.54) is 34.3 Å². The number of carboxylic acids is 1. The Bertz CT molecular complexity index is 809. The Kier molecular flexibility index (Phi) is 3.45. The third-order valence-corrected chi connectivity index (χ3v) is 5.75. The minimum Gasteiger partial charge on any atom is -0.477 e.